The van der Waals surface area contributed by atoms with Gasteiger partial charge in [0.15, 0.2) is 27.4 Å². The van der Waals surface area contributed by atoms with E-state index in [0.717, 1.165) is 6.42 Å². The van der Waals surface area contributed by atoms with Crippen LogP contribution < -0.4 is 15.5 Å². The van der Waals surface area contributed by atoms with Crippen molar-refractivity contribution in [2.45, 2.75) is 38.0 Å². The molecule has 0 radical (unpaired) electrons. The fourth-order valence-corrected chi connectivity index (χ4v) is 3.66. The minimum absolute atomic E-state index is 0.0349. The molecule has 9 heteroatoms. The first-order valence-electron chi connectivity index (χ1n) is 8.69. The van der Waals surface area contributed by atoms with Crippen molar-refractivity contribution < 1.29 is 12.8 Å². The lowest BCUT2D eigenvalue weighted by Crippen LogP contribution is -2.46. The second kappa shape index (κ2) is 8.20. The molecule has 1 saturated heterocycles. The van der Waals surface area contributed by atoms with Crippen molar-refractivity contribution in [3.63, 3.8) is 0 Å². The Morgan fingerprint density at radius 1 is 1.46 bits per heavy atom. The van der Waals surface area contributed by atoms with Gasteiger partial charge < -0.3 is 15.5 Å². The number of hydrogen-bond acceptors (Lipinski definition) is 5. The minimum atomic E-state index is -3.18. The molecule has 1 aliphatic rings. The predicted octanol–water partition coefficient (Wildman–Crippen LogP) is 1.18. The highest BCUT2D eigenvalue weighted by molar-refractivity contribution is 7.92. The molecule has 0 saturated carbocycles. The Morgan fingerprint density at radius 3 is 2.81 bits per heavy atom. The van der Waals surface area contributed by atoms with Gasteiger partial charge in [0.05, 0.1) is 10.5 Å². The van der Waals surface area contributed by atoms with Crippen LogP contribution in [0.3, 0.4) is 0 Å². The van der Waals surface area contributed by atoms with E-state index in [-0.39, 0.29) is 24.2 Å². The predicted molar refractivity (Wildman–Crippen MR) is 103 cm³/mol. The molecule has 0 amide bonds. The summed E-state index contributed by atoms with van der Waals surface area (Å²) < 4.78 is 37.4. The van der Waals surface area contributed by atoms with Crippen molar-refractivity contribution in [3.05, 3.63) is 24.1 Å². The van der Waals surface area contributed by atoms with Gasteiger partial charge >= 0.3 is 0 Å². The lowest BCUT2D eigenvalue weighted by molar-refractivity contribution is 0.558. The first-order chi connectivity index (χ1) is 12.1. The van der Waals surface area contributed by atoms with Crippen LogP contribution in [-0.2, 0) is 9.84 Å². The largest absolute Gasteiger partial charge is 0.355 e. The highest BCUT2D eigenvalue weighted by Crippen LogP contribution is 2.20. The fraction of sp³-hybridized carbons (Fsp3) is 0.647. The summed E-state index contributed by atoms with van der Waals surface area (Å²) in [5.41, 5.74) is 0. The summed E-state index contributed by atoms with van der Waals surface area (Å²) in [7, 11) is -1.54. The van der Waals surface area contributed by atoms with E-state index in [1.807, 2.05) is 4.90 Å². The number of anilines is 1. The second-order valence-electron chi connectivity index (χ2n) is 7.32. The topological polar surface area (TPSA) is 86.7 Å². The molecule has 26 heavy (non-hydrogen) atoms. The normalized spacial score (nSPS) is 18.9. The van der Waals surface area contributed by atoms with E-state index in [9.17, 15) is 12.8 Å². The van der Waals surface area contributed by atoms with E-state index < -0.39 is 14.6 Å². The Bertz CT molecular complexity index is 746. The number of sulfone groups is 1. The lowest BCUT2D eigenvalue weighted by atomic mass is 10.3. The van der Waals surface area contributed by atoms with Crippen molar-refractivity contribution in [1.29, 1.82) is 0 Å². The third-order valence-electron chi connectivity index (χ3n) is 4.39. The van der Waals surface area contributed by atoms with Gasteiger partial charge in [-0.25, -0.2) is 17.8 Å². The smallest absolute Gasteiger partial charge is 0.191 e. The molecule has 1 aromatic heterocycles. The first kappa shape index (κ1) is 20.4. The Morgan fingerprint density at radius 2 is 2.19 bits per heavy atom. The number of aromatic nitrogens is 1. The van der Waals surface area contributed by atoms with Crippen LogP contribution >= 0.6 is 0 Å². The number of pyridine rings is 1. The van der Waals surface area contributed by atoms with Crippen LogP contribution in [-0.4, -0.2) is 62.6 Å². The van der Waals surface area contributed by atoms with Gasteiger partial charge in [0.1, 0.15) is 0 Å². The fourth-order valence-electron chi connectivity index (χ4n) is 2.68. The molecule has 146 valence electrons. The summed E-state index contributed by atoms with van der Waals surface area (Å²) in [6.07, 6.45) is 2.40. The van der Waals surface area contributed by atoms with Crippen LogP contribution in [0.1, 0.15) is 27.2 Å². The van der Waals surface area contributed by atoms with Crippen LogP contribution in [0.5, 0.6) is 0 Å². The summed E-state index contributed by atoms with van der Waals surface area (Å²) in [6.45, 7) is 6.66. The quantitative estimate of drug-likeness (QED) is 0.585. The van der Waals surface area contributed by atoms with Crippen molar-refractivity contribution in [1.82, 2.24) is 15.6 Å². The molecular formula is C17H28FN5O2S. The van der Waals surface area contributed by atoms with Crippen LogP contribution in [0.4, 0.5) is 10.2 Å². The van der Waals surface area contributed by atoms with E-state index >= 15 is 0 Å². The summed E-state index contributed by atoms with van der Waals surface area (Å²) in [5, 5.41) is 6.30. The molecule has 7 nitrogen and oxygen atoms in total. The number of rotatable bonds is 5. The zero-order valence-corrected chi connectivity index (χ0v) is 16.6. The lowest BCUT2D eigenvalue weighted by Gasteiger charge is -2.21. The van der Waals surface area contributed by atoms with E-state index in [4.69, 9.17) is 0 Å². The highest BCUT2D eigenvalue weighted by Gasteiger charge is 2.29. The Labute approximate surface area is 155 Å². The van der Waals surface area contributed by atoms with Crippen LogP contribution in [0.25, 0.3) is 0 Å². The van der Waals surface area contributed by atoms with Gasteiger partial charge in [0.2, 0.25) is 0 Å². The van der Waals surface area contributed by atoms with E-state index in [1.54, 1.807) is 40.1 Å². The molecule has 1 atom stereocenters. The van der Waals surface area contributed by atoms with E-state index in [2.05, 4.69) is 20.6 Å². The molecule has 0 bridgehead atoms. The van der Waals surface area contributed by atoms with Gasteiger partial charge in [-0.2, -0.15) is 0 Å². The molecule has 1 aromatic rings. The highest BCUT2D eigenvalue weighted by atomic mass is 32.2. The van der Waals surface area contributed by atoms with Gasteiger partial charge in [-0.3, -0.25) is 4.99 Å². The molecule has 1 unspecified atom stereocenters. The number of hydrogen-bond donors (Lipinski definition) is 2. The van der Waals surface area contributed by atoms with Gasteiger partial charge in [-0.05, 0) is 39.3 Å². The molecule has 2 rings (SSSR count). The standard InChI is InChI=1S/C17H28FN5O2S/c1-17(2,3)26(24,25)11-9-21-16(19-4)22-13-7-10-23(12-13)15-14(18)6-5-8-20-15/h5-6,8,13H,7,9-12H2,1-4H3,(H2,19,21,22). The average molecular weight is 386 g/mol. The van der Waals surface area contributed by atoms with Gasteiger partial charge in [0, 0.05) is 38.9 Å². The summed E-state index contributed by atoms with van der Waals surface area (Å²) in [4.78, 5) is 10.1. The van der Waals surface area contributed by atoms with Crippen molar-refractivity contribution in [2.75, 3.05) is 37.3 Å². The summed E-state index contributed by atoms with van der Waals surface area (Å²) in [5.74, 6) is 0.606. The molecule has 1 aliphatic heterocycles. The zero-order valence-electron chi connectivity index (χ0n) is 15.8. The Hall–Kier alpha value is -1.90. The minimum Gasteiger partial charge on any atom is -0.355 e. The number of nitrogens with zero attached hydrogens (tertiary/aromatic N) is 3. The average Bonchev–Trinajstić information content (AvgIpc) is 3.01. The number of halogens is 1. The molecule has 0 aromatic carbocycles. The summed E-state index contributed by atoms with van der Waals surface area (Å²) in [6, 6.07) is 3.06. The molecule has 2 N–H and O–H groups in total. The third kappa shape index (κ3) is 5.06. The maximum atomic E-state index is 13.9. The Kier molecular flexibility index (Phi) is 6.44. The van der Waals surface area contributed by atoms with E-state index in [1.165, 1.54) is 6.07 Å². The molecule has 1 fully saturated rings. The van der Waals surface area contributed by atoms with Crippen molar-refractivity contribution in [3.8, 4) is 0 Å². The maximum absolute atomic E-state index is 13.9. The maximum Gasteiger partial charge on any atom is 0.191 e. The van der Waals surface area contributed by atoms with Crippen LogP contribution in [0.15, 0.2) is 23.3 Å². The third-order valence-corrected chi connectivity index (χ3v) is 7.00. The van der Waals surface area contributed by atoms with E-state index in [0.29, 0.717) is 24.9 Å². The second-order valence-corrected chi connectivity index (χ2v) is 10.2. The molecule has 2 heterocycles. The number of guanidine groups is 1. The van der Waals surface area contributed by atoms with Gasteiger partial charge in [0.25, 0.3) is 0 Å². The van der Waals surface area contributed by atoms with Gasteiger partial charge in [-0.15, -0.1) is 0 Å². The number of nitrogens with one attached hydrogen (secondary N) is 2. The molecular weight excluding hydrogens is 357 g/mol. The monoisotopic (exact) mass is 385 g/mol. The van der Waals surface area contributed by atoms with Crippen LogP contribution in [0, 0.1) is 5.82 Å². The summed E-state index contributed by atoms with van der Waals surface area (Å²) >= 11 is 0. The SMILES string of the molecule is CN=C(NCCS(=O)(=O)C(C)(C)C)NC1CCN(c2ncccc2F)C1. The number of aliphatic imine (C=N–C) groups is 1. The first-order valence-corrected chi connectivity index (χ1v) is 10.3. The van der Waals surface area contributed by atoms with Crippen LogP contribution in [0.2, 0.25) is 0 Å². The van der Waals surface area contributed by atoms with Crippen molar-refractivity contribution >= 4 is 21.6 Å². The zero-order chi connectivity index (χ0) is 19.4. The van der Waals surface area contributed by atoms with Gasteiger partial charge in [-0.1, -0.05) is 0 Å². The molecule has 0 spiro atoms. The Balaban J connectivity index is 1.85. The van der Waals surface area contributed by atoms with Crippen molar-refractivity contribution in [2.24, 2.45) is 4.99 Å². The molecule has 0 aliphatic carbocycles.